The van der Waals surface area contributed by atoms with Crippen LogP contribution in [0, 0.1) is 0 Å². The molecule has 0 aliphatic carbocycles. The monoisotopic (exact) mass is 364 g/mol. The first kappa shape index (κ1) is 17.5. The number of benzene rings is 1. The van der Waals surface area contributed by atoms with Crippen molar-refractivity contribution in [2.45, 2.75) is 25.4 Å². The molecule has 0 saturated carbocycles. The van der Waals surface area contributed by atoms with Gasteiger partial charge in [0, 0.05) is 49.5 Å². The van der Waals surface area contributed by atoms with Crippen LogP contribution in [0.5, 0.6) is 11.5 Å². The van der Waals surface area contributed by atoms with Crippen molar-refractivity contribution in [1.29, 1.82) is 0 Å². The van der Waals surface area contributed by atoms with Crippen molar-refractivity contribution in [3.63, 3.8) is 0 Å². The van der Waals surface area contributed by atoms with Crippen molar-refractivity contribution >= 4 is 0 Å². The second-order valence-electron chi connectivity index (χ2n) is 6.94. The Labute approximate surface area is 159 Å². The number of rotatable bonds is 5. The molecule has 1 aromatic carbocycles. The number of hydrogen-bond donors (Lipinski definition) is 1. The number of nitrogens with zero attached hydrogens (tertiary/aromatic N) is 4. The Hall–Kier alpha value is -2.86. The number of aromatic hydroxyl groups is 1. The molecular weight excluding hydrogens is 340 g/mol. The van der Waals surface area contributed by atoms with Gasteiger partial charge in [0.2, 0.25) is 0 Å². The molecule has 3 heterocycles. The van der Waals surface area contributed by atoms with E-state index in [9.17, 15) is 5.11 Å². The lowest BCUT2D eigenvalue weighted by Crippen LogP contribution is -2.36. The molecule has 3 aromatic rings. The van der Waals surface area contributed by atoms with Crippen molar-refractivity contribution in [2.24, 2.45) is 0 Å². The Morgan fingerprint density at radius 3 is 2.96 bits per heavy atom. The van der Waals surface area contributed by atoms with Gasteiger partial charge in [-0.2, -0.15) is 0 Å². The quantitative estimate of drug-likeness (QED) is 0.751. The lowest BCUT2D eigenvalue weighted by Gasteiger charge is -2.34. The van der Waals surface area contributed by atoms with Crippen LogP contribution in [0.1, 0.15) is 24.4 Å². The second kappa shape index (κ2) is 7.80. The first-order valence-corrected chi connectivity index (χ1v) is 9.26. The van der Waals surface area contributed by atoms with Gasteiger partial charge in [-0.05, 0) is 49.2 Å². The third kappa shape index (κ3) is 3.80. The number of phenols is 1. The van der Waals surface area contributed by atoms with Crippen molar-refractivity contribution in [3.8, 4) is 22.9 Å². The van der Waals surface area contributed by atoms with Crippen molar-refractivity contribution < 1.29 is 9.84 Å². The summed E-state index contributed by atoms with van der Waals surface area (Å²) in [5.41, 5.74) is 2.13. The van der Waals surface area contributed by atoms with Crippen LogP contribution in [-0.4, -0.2) is 44.7 Å². The van der Waals surface area contributed by atoms with Crippen molar-refractivity contribution in [2.75, 3.05) is 20.2 Å². The maximum absolute atomic E-state index is 10.1. The zero-order valence-electron chi connectivity index (χ0n) is 15.5. The van der Waals surface area contributed by atoms with Gasteiger partial charge < -0.3 is 14.4 Å². The van der Waals surface area contributed by atoms with E-state index in [-0.39, 0.29) is 5.75 Å². The summed E-state index contributed by atoms with van der Waals surface area (Å²) in [4.78, 5) is 11.2. The smallest absolute Gasteiger partial charge is 0.160 e. The Morgan fingerprint density at radius 1 is 1.26 bits per heavy atom. The van der Waals surface area contributed by atoms with Crippen molar-refractivity contribution in [1.82, 2.24) is 19.4 Å². The second-order valence-corrected chi connectivity index (χ2v) is 6.94. The summed E-state index contributed by atoms with van der Waals surface area (Å²) >= 11 is 0. The van der Waals surface area contributed by atoms with Gasteiger partial charge in [-0.25, -0.2) is 4.98 Å². The van der Waals surface area contributed by atoms with E-state index < -0.39 is 0 Å². The van der Waals surface area contributed by atoms with Crippen LogP contribution < -0.4 is 4.74 Å². The highest BCUT2D eigenvalue weighted by atomic mass is 16.5. The topological polar surface area (TPSA) is 63.4 Å². The molecule has 0 bridgehead atoms. The van der Waals surface area contributed by atoms with E-state index >= 15 is 0 Å². The Kier molecular flexibility index (Phi) is 5.07. The number of imidazole rings is 1. The Bertz CT molecular complexity index is 894. The van der Waals surface area contributed by atoms with E-state index in [1.54, 1.807) is 19.2 Å². The molecule has 0 radical (unpaired) electrons. The highest BCUT2D eigenvalue weighted by Gasteiger charge is 2.23. The number of aromatic nitrogens is 3. The van der Waals surface area contributed by atoms with E-state index in [2.05, 4.69) is 25.5 Å². The zero-order valence-corrected chi connectivity index (χ0v) is 15.5. The van der Waals surface area contributed by atoms with E-state index in [0.717, 1.165) is 43.9 Å². The highest BCUT2D eigenvalue weighted by Crippen LogP contribution is 2.33. The van der Waals surface area contributed by atoms with Crippen LogP contribution >= 0.6 is 0 Å². The third-order valence-electron chi connectivity index (χ3n) is 5.11. The standard InChI is InChI=1S/C21H24N4O2/c1-27-20-7-6-17(12-19(20)26)21-23-9-11-25(21)18-5-3-10-24(15-18)14-16-4-2-8-22-13-16/h2,4,6-9,11-13,18,26H,3,5,10,14-15H2,1H3/t18-/m1/s1. The minimum absolute atomic E-state index is 0.131. The molecule has 0 unspecified atom stereocenters. The highest BCUT2D eigenvalue weighted by molar-refractivity contribution is 5.61. The van der Waals surface area contributed by atoms with Crippen molar-refractivity contribution in [3.05, 3.63) is 60.7 Å². The number of hydrogen-bond acceptors (Lipinski definition) is 5. The molecule has 0 spiro atoms. The fourth-order valence-electron chi connectivity index (χ4n) is 3.81. The van der Waals surface area contributed by atoms with Crippen LogP contribution in [0.2, 0.25) is 0 Å². The molecule has 0 amide bonds. The van der Waals surface area contributed by atoms with E-state index in [4.69, 9.17) is 4.74 Å². The average Bonchev–Trinajstić information content (AvgIpc) is 3.19. The van der Waals surface area contributed by atoms with Gasteiger partial charge in [-0.3, -0.25) is 9.88 Å². The molecule has 4 rings (SSSR count). The maximum Gasteiger partial charge on any atom is 0.160 e. The largest absolute Gasteiger partial charge is 0.504 e. The van der Waals surface area contributed by atoms with Gasteiger partial charge in [-0.1, -0.05) is 6.07 Å². The molecule has 140 valence electrons. The minimum atomic E-state index is 0.131. The first-order valence-electron chi connectivity index (χ1n) is 9.26. The molecule has 2 aromatic heterocycles. The van der Waals surface area contributed by atoms with Gasteiger partial charge in [0.25, 0.3) is 0 Å². The van der Waals surface area contributed by atoms with Crippen LogP contribution in [0.15, 0.2) is 55.1 Å². The van der Waals surface area contributed by atoms with Gasteiger partial charge in [0.1, 0.15) is 5.82 Å². The predicted octanol–water partition coefficient (Wildman–Crippen LogP) is 3.50. The van der Waals surface area contributed by atoms with E-state index in [1.165, 1.54) is 5.56 Å². The number of phenolic OH excluding ortho intramolecular Hbond substituents is 1. The normalized spacial score (nSPS) is 17.7. The predicted molar refractivity (Wildman–Crippen MR) is 104 cm³/mol. The molecule has 1 saturated heterocycles. The fraction of sp³-hybridized carbons (Fsp3) is 0.333. The number of methoxy groups -OCH3 is 1. The number of pyridine rings is 1. The molecule has 1 aliphatic rings. The zero-order chi connectivity index (χ0) is 18.6. The molecule has 27 heavy (non-hydrogen) atoms. The number of piperidine rings is 1. The minimum Gasteiger partial charge on any atom is -0.504 e. The summed E-state index contributed by atoms with van der Waals surface area (Å²) < 4.78 is 7.38. The average molecular weight is 364 g/mol. The van der Waals surface area contributed by atoms with Crippen LogP contribution in [0.4, 0.5) is 0 Å². The molecule has 1 fully saturated rings. The number of likely N-dealkylation sites (tertiary alicyclic amines) is 1. The molecule has 1 aliphatic heterocycles. The fourth-order valence-corrected chi connectivity index (χ4v) is 3.81. The van der Waals surface area contributed by atoms with Crippen LogP contribution in [0.25, 0.3) is 11.4 Å². The summed E-state index contributed by atoms with van der Waals surface area (Å²) in [5.74, 6) is 1.48. The summed E-state index contributed by atoms with van der Waals surface area (Å²) in [6.07, 6.45) is 9.88. The van der Waals surface area contributed by atoms with Gasteiger partial charge in [0.05, 0.1) is 7.11 Å². The molecule has 6 nitrogen and oxygen atoms in total. The Morgan fingerprint density at radius 2 is 2.19 bits per heavy atom. The van der Waals surface area contributed by atoms with E-state index in [1.807, 2.05) is 36.9 Å². The van der Waals surface area contributed by atoms with Gasteiger partial charge in [-0.15, -0.1) is 0 Å². The lowest BCUT2D eigenvalue weighted by molar-refractivity contribution is 0.171. The lowest BCUT2D eigenvalue weighted by atomic mass is 10.0. The Balaban J connectivity index is 1.54. The van der Waals surface area contributed by atoms with E-state index in [0.29, 0.717) is 11.8 Å². The third-order valence-corrected chi connectivity index (χ3v) is 5.11. The van der Waals surface area contributed by atoms with Gasteiger partial charge >= 0.3 is 0 Å². The summed E-state index contributed by atoms with van der Waals surface area (Å²) in [7, 11) is 1.55. The maximum atomic E-state index is 10.1. The summed E-state index contributed by atoms with van der Waals surface area (Å²) in [6.45, 7) is 2.98. The van der Waals surface area contributed by atoms with Crippen LogP contribution in [0.3, 0.4) is 0 Å². The van der Waals surface area contributed by atoms with Crippen LogP contribution in [-0.2, 0) is 6.54 Å². The van der Waals surface area contributed by atoms with Gasteiger partial charge in [0.15, 0.2) is 11.5 Å². The first-order chi connectivity index (χ1) is 13.2. The molecule has 6 heteroatoms. The molecule has 1 N–H and O–H groups in total. The SMILES string of the molecule is COc1ccc(-c2nccn2[C@@H]2CCCN(Cc3cccnc3)C2)cc1O. The molecular formula is C21H24N4O2. The summed E-state index contributed by atoms with van der Waals surface area (Å²) in [5, 5.41) is 10.1. The number of ether oxygens (including phenoxy) is 1. The molecule has 1 atom stereocenters. The summed E-state index contributed by atoms with van der Waals surface area (Å²) in [6, 6.07) is 9.90.